The van der Waals surface area contributed by atoms with Crippen LogP contribution in [0.4, 0.5) is 5.13 Å². The van der Waals surface area contributed by atoms with Crippen LogP contribution in [0, 0.1) is 0 Å². The lowest BCUT2D eigenvalue weighted by Gasteiger charge is -2.04. The van der Waals surface area contributed by atoms with Crippen molar-refractivity contribution in [2.75, 3.05) is 19.0 Å². The molecule has 0 aliphatic heterocycles. The Morgan fingerprint density at radius 3 is 3.19 bits per heavy atom. The smallest absolute Gasteiger partial charge is 0.223 e. The number of hydrogen-bond acceptors (Lipinski definition) is 7. The van der Waals surface area contributed by atoms with E-state index in [9.17, 15) is 4.79 Å². The second-order valence-electron chi connectivity index (χ2n) is 4.27. The number of nitrogens with zero attached hydrogens (tertiary/aromatic N) is 4. The maximum absolute atomic E-state index is 11.0. The minimum Gasteiger partial charge on any atom is -0.385 e. The van der Waals surface area contributed by atoms with Crippen LogP contribution in [0.25, 0.3) is 0 Å². The van der Waals surface area contributed by atoms with Crippen LogP contribution < -0.4 is 5.32 Å². The van der Waals surface area contributed by atoms with E-state index in [4.69, 9.17) is 4.74 Å². The van der Waals surface area contributed by atoms with Gasteiger partial charge in [-0.25, -0.2) is 4.98 Å². The van der Waals surface area contributed by atoms with Crippen LogP contribution in [-0.2, 0) is 21.8 Å². The first kappa shape index (κ1) is 15.9. The van der Waals surface area contributed by atoms with Gasteiger partial charge >= 0.3 is 0 Å². The molecule has 9 heteroatoms. The first-order valence-corrected chi connectivity index (χ1v) is 8.27. The molecule has 0 radical (unpaired) electrons. The summed E-state index contributed by atoms with van der Waals surface area (Å²) in [6.45, 7) is 3.02. The van der Waals surface area contributed by atoms with Crippen LogP contribution in [-0.4, -0.2) is 39.4 Å². The molecule has 0 bridgehead atoms. The van der Waals surface area contributed by atoms with Crippen LogP contribution in [0.3, 0.4) is 0 Å². The van der Waals surface area contributed by atoms with Crippen molar-refractivity contribution in [2.24, 2.45) is 0 Å². The van der Waals surface area contributed by atoms with Crippen LogP contribution in [0.1, 0.15) is 19.0 Å². The third-order valence-electron chi connectivity index (χ3n) is 2.51. The molecule has 1 amide bonds. The highest BCUT2D eigenvalue weighted by atomic mass is 32.2. The van der Waals surface area contributed by atoms with Gasteiger partial charge in [-0.2, -0.15) is 0 Å². The minimum atomic E-state index is -0.110. The molecule has 0 aromatic carbocycles. The molecule has 2 aromatic rings. The van der Waals surface area contributed by atoms with E-state index < -0.39 is 0 Å². The number of aromatic nitrogens is 4. The van der Waals surface area contributed by atoms with Gasteiger partial charge in [0, 0.05) is 38.3 Å². The summed E-state index contributed by atoms with van der Waals surface area (Å²) in [5.41, 5.74) is 0.917. The number of hydrogen-bond donors (Lipinski definition) is 1. The number of rotatable bonds is 8. The summed E-state index contributed by atoms with van der Waals surface area (Å²) in [5.74, 6) is 0.584. The normalized spacial score (nSPS) is 10.8. The number of amides is 1. The van der Waals surface area contributed by atoms with Crippen LogP contribution >= 0.6 is 23.1 Å². The highest BCUT2D eigenvalue weighted by molar-refractivity contribution is 7.98. The topological polar surface area (TPSA) is 81.9 Å². The Kier molecular flexibility index (Phi) is 6.15. The average molecular weight is 327 g/mol. The lowest BCUT2D eigenvalue weighted by molar-refractivity contribution is -0.114. The van der Waals surface area contributed by atoms with Gasteiger partial charge in [-0.3, -0.25) is 4.79 Å². The number of carbonyl (C=O) groups excluding carboxylic acids is 1. The zero-order chi connectivity index (χ0) is 15.1. The lowest BCUT2D eigenvalue weighted by atomic mass is 10.4. The van der Waals surface area contributed by atoms with E-state index in [0.29, 0.717) is 17.5 Å². The molecular weight excluding hydrogens is 310 g/mol. The molecular formula is C12H17N5O2S2. The van der Waals surface area contributed by atoms with Crippen LogP contribution in [0.15, 0.2) is 16.9 Å². The Bertz CT molecular complexity index is 584. The molecule has 21 heavy (non-hydrogen) atoms. The van der Waals surface area contributed by atoms with Gasteiger partial charge in [0.1, 0.15) is 6.33 Å². The fraction of sp³-hybridized carbons (Fsp3) is 0.500. The first-order chi connectivity index (χ1) is 10.2. The number of anilines is 1. The summed E-state index contributed by atoms with van der Waals surface area (Å²) in [6.07, 6.45) is 2.65. The van der Waals surface area contributed by atoms with Crippen molar-refractivity contribution in [3.8, 4) is 0 Å². The number of ether oxygens (including phenoxy) is 1. The molecule has 7 nitrogen and oxygen atoms in total. The molecule has 0 saturated carbocycles. The number of thiazole rings is 1. The summed E-state index contributed by atoms with van der Waals surface area (Å²) in [7, 11) is 1.69. The van der Waals surface area contributed by atoms with Gasteiger partial charge in [0.05, 0.1) is 5.69 Å². The first-order valence-electron chi connectivity index (χ1n) is 6.40. The summed E-state index contributed by atoms with van der Waals surface area (Å²) < 4.78 is 7.04. The molecule has 2 heterocycles. The average Bonchev–Trinajstić information content (AvgIpc) is 3.05. The fourth-order valence-electron chi connectivity index (χ4n) is 1.61. The lowest BCUT2D eigenvalue weighted by Crippen LogP contribution is -2.05. The predicted octanol–water partition coefficient (Wildman–Crippen LogP) is 2.02. The molecule has 0 spiro atoms. The molecule has 114 valence electrons. The second kappa shape index (κ2) is 8.11. The highest BCUT2D eigenvalue weighted by Crippen LogP contribution is 2.23. The van der Waals surface area contributed by atoms with E-state index >= 15 is 0 Å². The zero-order valence-electron chi connectivity index (χ0n) is 11.9. The number of carbonyl (C=O) groups is 1. The molecule has 0 saturated heterocycles. The predicted molar refractivity (Wildman–Crippen MR) is 82.5 cm³/mol. The largest absolute Gasteiger partial charge is 0.385 e. The van der Waals surface area contributed by atoms with Crippen molar-refractivity contribution in [1.29, 1.82) is 0 Å². The van der Waals surface area contributed by atoms with E-state index in [0.717, 1.165) is 23.8 Å². The van der Waals surface area contributed by atoms with Gasteiger partial charge in [0.15, 0.2) is 10.3 Å². The Morgan fingerprint density at radius 2 is 2.43 bits per heavy atom. The summed E-state index contributed by atoms with van der Waals surface area (Å²) in [6, 6.07) is 0. The van der Waals surface area contributed by atoms with Gasteiger partial charge in [0.2, 0.25) is 5.91 Å². The monoisotopic (exact) mass is 327 g/mol. The van der Waals surface area contributed by atoms with E-state index in [2.05, 4.69) is 20.5 Å². The summed E-state index contributed by atoms with van der Waals surface area (Å²) >= 11 is 3.00. The van der Waals surface area contributed by atoms with Gasteiger partial charge in [-0.1, -0.05) is 11.8 Å². The van der Waals surface area contributed by atoms with Crippen LogP contribution in [0.5, 0.6) is 0 Å². The maximum Gasteiger partial charge on any atom is 0.223 e. The van der Waals surface area contributed by atoms with Crippen molar-refractivity contribution in [2.45, 2.75) is 30.8 Å². The number of aryl methyl sites for hydroxylation is 1. The number of thioether (sulfide) groups is 1. The SMILES string of the molecule is COCCCn1cnnc1SCc1csc(NC(C)=O)n1. The van der Waals surface area contributed by atoms with Gasteiger partial charge < -0.3 is 14.6 Å². The highest BCUT2D eigenvalue weighted by Gasteiger charge is 2.08. The van der Waals surface area contributed by atoms with Crippen molar-refractivity contribution in [3.05, 3.63) is 17.4 Å². The van der Waals surface area contributed by atoms with E-state index in [1.54, 1.807) is 25.2 Å². The van der Waals surface area contributed by atoms with Crippen molar-refractivity contribution in [1.82, 2.24) is 19.7 Å². The molecule has 2 aromatic heterocycles. The third-order valence-corrected chi connectivity index (χ3v) is 4.33. The zero-order valence-corrected chi connectivity index (χ0v) is 13.5. The number of methoxy groups -OCH3 is 1. The minimum absolute atomic E-state index is 0.110. The molecule has 1 N–H and O–H groups in total. The Labute approximate surface area is 131 Å². The van der Waals surface area contributed by atoms with Crippen molar-refractivity contribution < 1.29 is 9.53 Å². The molecule has 0 atom stereocenters. The quantitative estimate of drug-likeness (QED) is 0.590. The standard InChI is InChI=1S/C12H17N5O2S2/c1-9(18)14-11-15-10(6-20-11)7-21-12-16-13-8-17(12)4-3-5-19-2/h6,8H,3-5,7H2,1-2H3,(H,14,15,18). The third kappa shape index (κ3) is 5.10. The van der Waals surface area contributed by atoms with E-state index in [1.165, 1.54) is 18.3 Å². The van der Waals surface area contributed by atoms with Gasteiger partial charge in [-0.15, -0.1) is 21.5 Å². The van der Waals surface area contributed by atoms with E-state index in [1.807, 2.05) is 9.95 Å². The summed E-state index contributed by atoms with van der Waals surface area (Å²) in [4.78, 5) is 15.3. The number of nitrogens with one attached hydrogen (secondary N) is 1. The van der Waals surface area contributed by atoms with Gasteiger partial charge in [0.25, 0.3) is 0 Å². The Balaban J connectivity index is 1.86. The molecule has 2 rings (SSSR count). The molecule has 0 aliphatic carbocycles. The fourth-order valence-corrected chi connectivity index (χ4v) is 3.30. The molecule has 0 aliphatic rings. The molecule has 0 fully saturated rings. The Hall–Kier alpha value is -1.45. The van der Waals surface area contributed by atoms with Gasteiger partial charge in [-0.05, 0) is 6.42 Å². The van der Waals surface area contributed by atoms with Crippen molar-refractivity contribution in [3.63, 3.8) is 0 Å². The van der Waals surface area contributed by atoms with Crippen LogP contribution in [0.2, 0.25) is 0 Å². The van der Waals surface area contributed by atoms with Crippen molar-refractivity contribution >= 4 is 34.1 Å². The maximum atomic E-state index is 11.0. The Morgan fingerprint density at radius 1 is 1.57 bits per heavy atom. The summed E-state index contributed by atoms with van der Waals surface area (Å²) in [5, 5.41) is 14.1. The molecule has 0 unspecified atom stereocenters. The van der Waals surface area contributed by atoms with E-state index in [-0.39, 0.29) is 5.91 Å². The second-order valence-corrected chi connectivity index (χ2v) is 6.07.